The van der Waals surface area contributed by atoms with Gasteiger partial charge < -0.3 is 23.7 Å². The molecule has 8 nitrogen and oxygen atoms in total. The monoisotopic (exact) mass is 662 g/mol. The Morgan fingerprint density at radius 1 is 0.694 bits per heavy atom. The molecule has 0 aliphatic heterocycles. The molecule has 0 radical (unpaired) electrons. The molecule has 49 heavy (non-hydrogen) atoms. The van der Waals surface area contributed by atoms with Crippen LogP contribution < -0.4 is 18.9 Å². The van der Waals surface area contributed by atoms with Crippen LogP contribution in [-0.4, -0.2) is 37.2 Å². The van der Waals surface area contributed by atoms with Crippen molar-refractivity contribution in [2.45, 2.75) is 46.1 Å². The largest absolute Gasteiger partial charge is 0.490 e. The summed E-state index contributed by atoms with van der Waals surface area (Å²) in [6, 6.07) is 27.1. The number of rotatable bonds is 13. The maximum atomic E-state index is 12.8. The van der Waals surface area contributed by atoms with Gasteiger partial charge in [-0.3, -0.25) is 0 Å². The molecule has 1 saturated carbocycles. The topological polar surface area (TPSA) is 97.4 Å². The van der Waals surface area contributed by atoms with Crippen LogP contribution in [0.1, 0.15) is 60.7 Å². The first-order chi connectivity index (χ1) is 23.7. The van der Waals surface area contributed by atoms with Crippen LogP contribution in [0.2, 0.25) is 0 Å². The van der Waals surface area contributed by atoms with Crippen LogP contribution in [0.3, 0.4) is 0 Å². The first kappa shape index (κ1) is 35.1. The third kappa shape index (κ3) is 9.90. The van der Waals surface area contributed by atoms with Gasteiger partial charge in [0.1, 0.15) is 36.2 Å². The molecule has 254 valence electrons. The van der Waals surface area contributed by atoms with Crippen molar-refractivity contribution in [3.8, 4) is 34.1 Å². The zero-order valence-corrected chi connectivity index (χ0v) is 28.1. The second-order valence-electron chi connectivity index (χ2n) is 12.6. The number of esters is 3. The average Bonchev–Trinajstić information content (AvgIpc) is 3.11. The summed E-state index contributed by atoms with van der Waals surface area (Å²) in [5, 5.41) is 0. The van der Waals surface area contributed by atoms with Gasteiger partial charge in [-0.25, -0.2) is 14.4 Å². The van der Waals surface area contributed by atoms with Gasteiger partial charge in [0.15, 0.2) is 0 Å². The van der Waals surface area contributed by atoms with E-state index in [2.05, 4.69) is 27.4 Å². The summed E-state index contributed by atoms with van der Waals surface area (Å²) < 4.78 is 27.9. The lowest BCUT2D eigenvalue weighted by Gasteiger charge is -2.36. The smallest absolute Gasteiger partial charge is 0.343 e. The Morgan fingerprint density at radius 3 is 1.65 bits per heavy atom. The van der Waals surface area contributed by atoms with E-state index < -0.39 is 17.9 Å². The lowest BCUT2D eigenvalue weighted by Crippen LogP contribution is -2.36. The van der Waals surface area contributed by atoms with Crippen LogP contribution in [0, 0.1) is 17.8 Å². The fraction of sp³-hybridized carbons (Fsp3) is 0.293. The maximum Gasteiger partial charge on any atom is 0.343 e. The van der Waals surface area contributed by atoms with Crippen LogP contribution in [-0.2, 0) is 9.53 Å². The zero-order chi connectivity index (χ0) is 34.8. The Kier molecular flexibility index (Phi) is 12.0. The molecular formula is C41H42O8. The van der Waals surface area contributed by atoms with Crippen molar-refractivity contribution in [1.29, 1.82) is 0 Å². The number of carbonyl (C=O) groups is 3. The minimum absolute atomic E-state index is 0.0542. The van der Waals surface area contributed by atoms with Crippen molar-refractivity contribution in [1.82, 2.24) is 0 Å². The molecule has 0 heterocycles. The molecule has 1 fully saturated rings. The predicted octanol–water partition coefficient (Wildman–Crippen LogP) is 8.74. The molecule has 0 aromatic heterocycles. The van der Waals surface area contributed by atoms with Gasteiger partial charge in [0, 0.05) is 0 Å². The second kappa shape index (κ2) is 16.8. The molecule has 5 rings (SSSR count). The van der Waals surface area contributed by atoms with E-state index in [1.165, 1.54) is 6.42 Å². The molecule has 1 aliphatic rings. The first-order valence-corrected chi connectivity index (χ1v) is 16.6. The molecule has 0 spiro atoms. The lowest BCUT2D eigenvalue weighted by molar-refractivity contribution is -0.145. The van der Waals surface area contributed by atoms with Gasteiger partial charge in [0.05, 0.1) is 17.2 Å². The highest BCUT2D eigenvalue weighted by molar-refractivity contribution is 5.92. The van der Waals surface area contributed by atoms with E-state index in [1.807, 2.05) is 24.3 Å². The molecule has 3 atom stereocenters. The van der Waals surface area contributed by atoms with Gasteiger partial charge >= 0.3 is 17.9 Å². The summed E-state index contributed by atoms with van der Waals surface area (Å²) in [6.07, 6.45) is 4.95. The highest BCUT2D eigenvalue weighted by Gasteiger charge is 2.32. The number of benzene rings is 4. The van der Waals surface area contributed by atoms with Crippen molar-refractivity contribution in [2.24, 2.45) is 17.8 Å². The van der Waals surface area contributed by atoms with Gasteiger partial charge in [0.25, 0.3) is 0 Å². The molecule has 8 heteroatoms. The van der Waals surface area contributed by atoms with Gasteiger partial charge in [-0.15, -0.1) is 0 Å². The first-order valence-electron chi connectivity index (χ1n) is 16.6. The minimum Gasteiger partial charge on any atom is -0.490 e. The van der Waals surface area contributed by atoms with Crippen LogP contribution in [0.25, 0.3) is 11.1 Å². The Bertz CT molecular complexity index is 1710. The van der Waals surface area contributed by atoms with E-state index in [0.717, 1.165) is 24.0 Å². The van der Waals surface area contributed by atoms with Gasteiger partial charge in [-0.1, -0.05) is 64.1 Å². The zero-order valence-electron chi connectivity index (χ0n) is 28.1. The quantitative estimate of drug-likeness (QED) is 0.0797. The summed E-state index contributed by atoms with van der Waals surface area (Å²) in [6.45, 7) is 10.5. The molecular weight excluding hydrogens is 620 g/mol. The summed E-state index contributed by atoms with van der Waals surface area (Å²) in [5.41, 5.74) is 2.51. The van der Waals surface area contributed by atoms with Crippen molar-refractivity contribution < 1.29 is 38.1 Å². The Labute approximate surface area is 287 Å². The Hall–Kier alpha value is -5.21. The highest BCUT2D eigenvalue weighted by atomic mass is 16.6. The summed E-state index contributed by atoms with van der Waals surface area (Å²) in [7, 11) is 0. The fourth-order valence-electron chi connectivity index (χ4n) is 5.91. The van der Waals surface area contributed by atoms with E-state index in [0.29, 0.717) is 58.5 Å². The normalized spacial score (nSPS) is 17.2. The average molecular weight is 663 g/mol. The van der Waals surface area contributed by atoms with E-state index in [9.17, 15) is 14.4 Å². The van der Waals surface area contributed by atoms with E-state index >= 15 is 0 Å². The van der Waals surface area contributed by atoms with Crippen molar-refractivity contribution in [3.05, 3.63) is 121 Å². The fourth-order valence-corrected chi connectivity index (χ4v) is 5.91. The lowest BCUT2D eigenvalue weighted by atomic mass is 9.75. The van der Waals surface area contributed by atoms with Crippen LogP contribution in [0.5, 0.6) is 23.0 Å². The number of hydrogen-bond acceptors (Lipinski definition) is 8. The van der Waals surface area contributed by atoms with Crippen molar-refractivity contribution in [2.75, 3.05) is 13.2 Å². The molecule has 4 aromatic carbocycles. The summed E-state index contributed by atoms with van der Waals surface area (Å²) in [5.74, 6) is 1.80. The van der Waals surface area contributed by atoms with Crippen molar-refractivity contribution >= 4 is 17.9 Å². The van der Waals surface area contributed by atoms with Gasteiger partial charge in [-0.05, 0) is 115 Å². The molecule has 0 saturated heterocycles. The molecule has 0 amide bonds. The maximum absolute atomic E-state index is 12.8. The van der Waals surface area contributed by atoms with Gasteiger partial charge in [0.2, 0.25) is 0 Å². The molecule has 0 N–H and O–H groups in total. The molecule has 1 aliphatic carbocycles. The summed E-state index contributed by atoms with van der Waals surface area (Å²) in [4.78, 5) is 37.8. The predicted molar refractivity (Wildman–Crippen MR) is 187 cm³/mol. The third-order valence-corrected chi connectivity index (χ3v) is 8.62. The number of carbonyl (C=O) groups excluding carboxylic acids is 3. The standard InChI is InChI=1S/C41H42O8/c1-5-24-45-33-15-11-31(12-16-33)40(43)48-35-17-7-29(8-18-35)30-9-19-36(20-10-30)49-41(44)32-13-21-34(22-14-32)47-39(42)26-46-38-25-28(4)6-23-37(38)27(2)3/h5,7-22,27-28,37-38H,1,6,23-26H2,2-4H3. The Balaban J connectivity index is 1.09. The molecule has 3 unspecified atom stereocenters. The van der Waals surface area contributed by atoms with Gasteiger partial charge in [-0.2, -0.15) is 0 Å². The third-order valence-electron chi connectivity index (χ3n) is 8.62. The van der Waals surface area contributed by atoms with Crippen molar-refractivity contribution in [3.63, 3.8) is 0 Å². The summed E-state index contributed by atoms with van der Waals surface area (Å²) >= 11 is 0. The molecule has 0 bridgehead atoms. The van der Waals surface area contributed by atoms with Crippen LogP contribution in [0.4, 0.5) is 0 Å². The SMILES string of the molecule is C=CCOc1ccc(C(=O)Oc2ccc(-c3ccc(OC(=O)c4ccc(OC(=O)COC5CC(C)CCC5C(C)C)cc4)cc3)cc2)cc1. The second-order valence-corrected chi connectivity index (χ2v) is 12.6. The minimum atomic E-state index is -0.537. The highest BCUT2D eigenvalue weighted by Crippen LogP contribution is 2.35. The van der Waals surface area contributed by atoms with Crippen LogP contribution in [0.15, 0.2) is 110 Å². The Morgan fingerprint density at radius 2 is 1.16 bits per heavy atom. The van der Waals surface area contributed by atoms with Crippen LogP contribution >= 0.6 is 0 Å². The number of ether oxygens (including phenoxy) is 5. The number of hydrogen-bond donors (Lipinski definition) is 0. The van der Waals surface area contributed by atoms with E-state index in [1.54, 1.807) is 78.9 Å². The van der Waals surface area contributed by atoms with E-state index in [-0.39, 0.29) is 12.7 Å². The van der Waals surface area contributed by atoms with E-state index in [4.69, 9.17) is 23.7 Å². The molecule has 4 aromatic rings.